The van der Waals surface area contributed by atoms with Gasteiger partial charge in [0.15, 0.2) is 0 Å². The number of carbonyl (C=O) groups excluding carboxylic acids is 1. The summed E-state index contributed by atoms with van der Waals surface area (Å²) in [5.41, 5.74) is 4.89. The Bertz CT molecular complexity index is 1210. The number of pyridine rings is 1. The van der Waals surface area contributed by atoms with Gasteiger partial charge in [0.05, 0.1) is 12.8 Å². The molecule has 6 nitrogen and oxygen atoms in total. The lowest BCUT2D eigenvalue weighted by atomic mass is 9.96. The van der Waals surface area contributed by atoms with E-state index in [4.69, 9.17) is 14.2 Å². The van der Waals surface area contributed by atoms with Crippen molar-refractivity contribution in [2.75, 3.05) is 20.2 Å². The van der Waals surface area contributed by atoms with E-state index in [0.717, 1.165) is 44.7 Å². The summed E-state index contributed by atoms with van der Waals surface area (Å²) >= 11 is 2.28. The van der Waals surface area contributed by atoms with Crippen LogP contribution in [0.1, 0.15) is 37.6 Å². The Balaban J connectivity index is 1.56. The number of halogens is 1. The first-order valence-corrected chi connectivity index (χ1v) is 12.8. The lowest BCUT2D eigenvalue weighted by Gasteiger charge is -2.26. The van der Waals surface area contributed by atoms with E-state index in [-0.39, 0.29) is 6.09 Å². The van der Waals surface area contributed by atoms with Gasteiger partial charge in [-0.3, -0.25) is 4.98 Å². The van der Waals surface area contributed by atoms with Gasteiger partial charge in [0.1, 0.15) is 23.7 Å². The van der Waals surface area contributed by atoms with Crippen molar-refractivity contribution in [1.29, 1.82) is 0 Å². The van der Waals surface area contributed by atoms with Crippen LogP contribution < -0.4 is 9.47 Å². The molecule has 2 aromatic carbocycles. The minimum atomic E-state index is -0.500. The molecule has 35 heavy (non-hydrogen) atoms. The predicted molar refractivity (Wildman–Crippen MR) is 145 cm³/mol. The molecule has 1 aromatic heterocycles. The van der Waals surface area contributed by atoms with Gasteiger partial charge in [0.25, 0.3) is 0 Å². The van der Waals surface area contributed by atoms with Crippen LogP contribution in [0.2, 0.25) is 0 Å². The van der Waals surface area contributed by atoms with Crippen LogP contribution in [0.4, 0.5) is 4.79 Å². The van der Waals surface area contributed by atoms with E-state index < -0.39 is 5.60 Å². The summed E-state index contributed by atoms with van der Waals surface area (Å²) in [6.45, 7) is 7.35. The van der Waals surface area contributed by atoms with Crippen LogP contribution in [-0.4, -0.2) is 41.8 Å². The van der Waals surface area contributed by atoms with Crippen LogP contribution in [0.5, 0.6) is 11.5 Å². The second kappa shape index (κ2) is 10.8. The number of ether oxygens (including phenoxy) is 3. The first-order valence-electron chi connectivity index (χ1n) is 11.7. The third kappa shape index (κ3) is 6.66. The number of rotatable bonds is 5. The number of benzene rings is 2. The molecule has 184 valence electrons. The number of nitrogens with zero attached hydrogens (tertiary/aromatic N) is 2. The molecule has 0 N–H and O–H groups in total. The fourth-order valence-electron chi connectivity index (χ4n) is 4.07. The molecular formula is C28H31IN2O4. The molecule has 7 heteroatoms. The maximum atomic E-state index is 12.6. The number of carbonyl (C=O) groups is 1. The highest BCUT2D eigenvalue weighted by Gasteiger charge is 2.24. The Kier molecular flexibility index (Phi) is 7.84. The molecule has 0 aliphatic carbocycles. The van der Waals surface area contributed by atoms with Crippen molar-refractivity contribution >= 4 is 28.7 Å². The average Bonchev–Trinajstić information content (AvgIpc) is 3.04. The molecule has 1 amide bonds. The van der Waals surface area contributed by atoms with Crippen LogP contribution >= 0.6 is 22.6 Å². The number of methoxy groups -OCH3 is 1. The lowest BCUT2D eigenvalue weighted by Crippen LogP contribution is -2.38. The summed E-state index contributed by atoms with van der Waals surface area (Å²) in [5, 5.41) is 0. The van der Waals surface area contributed by atoms with Crippen LogP contribution in [-0.2, 0) is 24.2 Å². The van der Waals surface area contributed by atoms with Gasteiger partial charge >= 0.3 is 6.09 Å². The van der Waals surface area contributed by atoms with E-state index in [2.05, 4.69) is 45.8 Å². The van der Waals surface area contributed by atoms with Gasteiger partial charge in [-0.1, -0.05) is 18.2 Å². The van der Waals surface area contributed by atoms with Crippen molar-refractivity contribution in [2.24, 2.45) is 0 Å². The molecule has 0 unspecified atom stereocenters. The van der Waals surface area contributed by atoms with Crippen molar-refractivity contribution in [1.82, 2.24) is 9.88 Å². The van der Waals surface area contributed by atoms with E-state index in [0.29, 0.717) is 19.7 Å². The van der Waals surface area contributed by atoms with Crippen LogP contribution in [0.25, 0.3) is 11.1 Å². The summed E-state index contributed by atoms with van der Waals surface area (Å²) in [6, 6.07) is 16.3. The third-order valence-electron chi connectivity index (χ3n) is 5.81. The number of fused-ring (bicyclic) bond motifs is 1. The molecule has 1 aliphatic heterocycles. The monoisotopic (exact) mass is 586 g/mol. The lowest BCUT2D eigenvalue weighted by molar-refractivity contribution is 0.0258. The van der Waals surface area contributed by atoms with Crippen molar-refractivity contribution < 1.29 is 19.0 Å². The van der Waals surface area contributed by atoms with Crippen LogP contribution in [0, 0.1) is 3.57 Å². The molecule has 3 aromatic rings. The smallest absolute Gasteiger partial charge is 0.410 e. The summed E-state index contributed by atoms with van der Waals surface area (Å²) in [7, 11) is 1.66. The average molecular weight is 586 g/mol. The largest absolute Gasteiger partial charge is 0.497 e. The SMILES string of the molecule is COc1ccc(OCc2cc(I)ccn2)c(-c2ccc3c(c2)CCN(C(=O)OC(C)(C)C)CC3)c1. The zero-order chi connectivity index (χ0) is 25.0. The standard InChI is InChI=1S/C28H31IN2O4/c1-28(2,3)35-27(32)31-13-10-19-5-6-21(15-20(19)11-14-31)25-17-24(33-4)7-8-26(25)34-18-23-16-22(29)9-12-30-23/h5-9,12,15-17H,10-11,13-14,18H2,1-4H3. The Hall–Kier alpha value is -2.81. The van der Waals surface area contributed by atoms with Gasteiger partial charge in [0, 0.05) is 28.4 Å². The van der Waals surface area contributed by atoms with Gasteiger partial charge in [-0.15, -0.1) is 0 Å². The van der Waals surface area contributed by atoms with Gasteiger partial charge in [0.2, 0.25) is 0 Å². The zero-order valence-electron chi connectivity index (χ0n) is 20.6. The number of hydrogen-bond acceptors (Lipinski definition) is 5. The Morgan fingerprint density at radius 3 is 2.51 bits per heavy atom. The Morgan fingerprint density at radius 2 is 1.80 bits per heavy atom. The van der Waals surface area contributed by atoms with E-state index in [1.54, 1.807) is 18.2 Å². The second-order valence-corrected chi connectivity index (χ2v) is 10.8. The highest BCUT2D eigenvalue weighted by atomic mass is 127. The molecule has 1 aliphatic rings. The maximum absolute atomic E-state index is 12.6. The van der Waals surface area contributed by atoms with Crippen LogP contribution in [0.3, 0.4) is 0 Å². The predicted octanol–water partition coefficient (Wildman–Crippen LogP) is 6.28. The summed E-state index contributed by atoms with van der Waals surface area (Å²) < 4.78 is 18.4. The van der Waals surface area contributed by atoms with E-state index in [1.165, 1.54) is 11.1 Å². The Morgan fingerprint density at radius 1 is 1.03 bits per heavy atom. The van der Waals surface area contributed by atoms with Crippen molar-refractivity contribution in [3.8, 4) is 22.6 Å². The molecule has 2 heterocycles. The van der Waals surface area contributed by atoms with Crippen molar-refractivity contribution in [2.45, 2.75) is 45.8 Å². The summed E-state index contributed by atoms with van der Waals surface area (Å²) in [6.07, 6.45) is 3.12. The quantitative estimate of drug-likeness (QED) is 0.330. The molecular weight excluding hydrogens is 555 g/mol. The first-order chi connectivity index (χ1) is 16.7. The summed E-state index contributed by atoms with van der Waals surface area (Å²) in [4.78, 5) is 18.8. The summed E-state index contributed by atoms with van der Waals surface area (Å²) in [5.74, 6) is 1.54. The Labute approximate surface area is 220 Å². The van der Waals surface area contributed by atoms with Gasteiger partial charge in [-0.2, -0.15) is 0 Å². The van der Waals surface area contributed by atoms with E-state index in [9.17, 15) is 4.79 Å². The third-order valence-corrected chi connectivity index (χ3v) is 6.48. The number of aromatic nitrogens is 1. The highest BCUT2D eigenvalue weighted by Crippen LogP contribution is 2.35. The van der Waals surface area contributed by atoms with Crippen molar-refractivity contribution in [3.05, 3.63) is 75.1 Å². The molecule has 0 saturated heterocycles. The van der Waals surface area contributed by atoms with Crippen LogP contribution in [0.15, 0.2) is 54.7 Å². The van der Waals surface area contributed by atoms with Crippen molar-refractivity contribution in [3.63, 3.8) is 0 Å². The number of amides is 1. The van der Waals surface area contributed by atoms with E-state index in [1.807, 2.05) is 51.1 Å². The van der Waals surface area contributed by atoms with Gasteiger partial charge in [-0.25, -0.2) is 4.79 Å². The molecule has 0 saturated carbocycles. The molecule has 0 fully saturated rings. The molecule has 0 spiro atoms. The van der Waals surface area contributed by atoms with Gasteiger partial charge < -0.3 is 19.1 Å². The topological polar surface area (TPSA) is 60.9 Å². The zero-order valence-corrected chi connectivity index (χ0v) is 22.8. The number of hydrogen-bond donors (Lipinski definition) is 0. The molecule has 0 bridgehead atoms. The van der Waals surface area contributed by atoms with E-state index >= 15 is 0 Å². The highest BCUT2D eigenvalue weighted by molar-refractivity contribution is 14.1. The fraction of sp³-hybridized carbons (Fsp3) is 0.357. The molecule has 0 radical (unpaired) electrons. The minimum absolute atomic E-state index is 0.252. The molecule has 4 rings (SSSR count). The second-order valence-electron chi connectivity index (χ2n) is 9.57. The fourth-order valence-corrected chi connectivity index (χ4v) is 4.59. The maximum Gasteiger partial charge on any atom is 0.410 e. The normalized spacial score (nSPS) is 13.6. The first kappa shape index (κ1) is 25.3. The molecule has 0 atom stereocenters. The van der Waals surface area contributed by atoms with Gasteiger partial charge in [-0.05, 0) is 103 Å². The minimum Gasteiger partial charge on any atom is -0.497 e.